The molecule has 1 aromatic heterocycles. The number of nitrogens with zero attached hydrogens (tertiary/aromatic N) is 2. The Morgan fingerprint density at radius 3 is 2.64 bits per heavy atom. The molecular formula is C18H18N2O2. The van der Waals surface area contributed by atoms with Crippen LogP contribution in [0.1, 0.15) is 17.0 Å². The first-order valence-corrected chi connectivity index (χ1v) is 7.09. The molecule has 0 aliphatic carbocycles. The standard InChI is InChI=1S/C18H18N2O2/c1-4-17-19-18-13(2)6-5-7-16(18)20(17)22-12-14-8-10-15(21-3)11-9-14/h4-11H,1,12H2,2-3H3. The third kappa shape index (κ3) is 2.55. The van der Waals surface area contributed by atoms with Crippen LogP contribution in [0.4, 0.5) is 0 Å². The van der Waals surface area contributed by atoms with Crippen LogP contribution in [0.3, 0.4) is 0 Å². The van der Waals surface area contributed by atoms with Gasteiger partial charge in [-0.25, -0.2) is 4.98 Å². The van der Waals surface area contributed by atoms with Gasteiger partial charge in [-0.2, -0.15) is 4.73 Å². The summed E-state index contributed by atoms with van der Waals surface area (Å²) in [5.41, 5.74) is 4.06. The molecule has 0 radical (unpaired) electrons. The van der Waals surface area contributed by atoms with Gasteiger partial charge in [-0.05, 0) is 42.3 Å². The fourth-order valence-electron chi connectivity index (χ4n) is 2.36. The topological polar surface area (TPSA) is 36.3 Å². The average molecular weight is 294 g/mol. The number of imidazole rings is 1. The molecule has 112 valence electrons. The van der Waals surface area contributed by atoms with Gasteiger partial charge in [-0.15, -0.1) is 0 Å². The predicted octanol–water partition coefficient (Wildman–Crippen LogP) is 3.63. The molecule has 0 atom stereocenters. The molecule has 0 fully saturated rings. The maximum atomic E-state index is 5.94. The van der Waals surface area contributed by atoms with Crippen molar-refractivity contribution in [1.82, 2.24) is 9.71 Å². The van der Waals surface area contributed by atoms with Gasteiger partial charge >= 0.3 is 0 Å². The Kier molecular flexibility index (Phi) is 3.83. The number of hydrogen-bond acceptors (Lipinski definition) is 3. The van der Waals surface area contributed by atoms with E-state index in [9.17, 15) is 0 Å². The minimum Gasteiger partial charge on any atom is -0.497 e. The van der Waals surface area contributed by atoms with E-state index in [1.54, 1.807) is 17.9 Å². The molecule has 3 aromatic rings. The number of aromatic nitrogens is 2. The SMILES string of the molecule is C=Cc1nc2c(C)cccc2n1OCc1ccc(OC)cc1. The summed E-state index contributed by atoms with van der Waals surface area (Å²) < 4.78 is 6.89. The van der Waals surface area contributed by atoms with Crippen molar-refractivity contribution in [3.63, 3.8) is 0 Å². The second-order valence-corrected chi connectivity index (χ2v) is 5.03. The number of hydrogen-bond donors (Lipinski definition) is 0. The summed E-state index contributed by atoms with van der Waals surface area (Å²) in [7, 11) is 1.65. The third-order valence-corrected chi connectivity index (χ3v) is 3.57. The molecule has 1 heterocycles. The van der Waals surface area contributed by atoms with Gasteiger partial charge < -0.3 is 9.57 Å². The zero-order valence-electron chi connectivity index (χ0n) is 12.7. The Balaban J connectivity index is 1.89. The highest BCUT2D eigenvalue weighted by atomic mass is 16.7. The monoisotopic (exact) mass is 294 g/mol. The van der Waals surface area contributed by atoms with Crippen molar-refractivity contribution in [1.29, 1.82) is 0 Å². The number of methoxy groups -OCH3 is 1. The van der Waals surface area contributed by atoms with E-state index in [1.807, 2.05) is 49.4 Å². The van der Waals surface area contributed by atoms with Gasteiger partial charge in [0.25, 0.3) is 0 Å². The van der Waals surface area contributed by atoms with Gasteiger partial charge in [-0.1, -0.05) is 30.8 Å². The summed E-state index contributed by atoms with van der Waals surface area (Å²) in [5, 5.41) is 0. The minimum atomic E-state index is 0.449. The maximum absolute atomic E-state index is 5.94. The van der Waals surface area contributed by atoms with Crippen molar-refractivity contribution in [3.05, 3.63) is 66.0 Å². The fourth-order valence-corrected chi connectivity index (χ4v) is 2.36. The molecular weight excluding hydrogens is 276 g/mol. The Bertz CT molecular complexity index is 804. The van der Waals surface area contributed by atoms with Gasteiger partial charge in [0, 0.05) is 0 Å². The number of benzene rings is 2. The lowest BCUT2D eigenvalue weighted by Crippen LogP contribution is -2.12. The highest BCUT2D eigenvalue weighted by Crippen LogP contribution is 2.20. The molecule has 0 bridgehead atoms. The lowest BCUT2D eigenvalue weighted by atomic mass is 10.2. The van der Waals surface area contributed by atoms with Crippen LogP contribution in [0.25, 0.3) is 17.1 Å². The molecule has 0 spiro atoms. The molecule has 22 heavy (non-hydrogen) atoms. The van der Waals surface area contributed by atoms with Crippen LogP contribution < -0.4 is 9.57 Å². The summed E-state index contributed by atoms with van der Waals surface area (Å²) in [6.07, 6.45) is 1.70. The summed E-state index contributed by atoms with van der Waals surface area (Å²) in [6, 6.07) is 13.8. The Labute approximate surface area is 129 Å². The van der Waals surface area contributed by atoms with Gasteiger partial charge in [-0.3, -0.25) is 0 Å². The summed E-state index contributed by atoms with van der Waals surface area (Å²) >= 11 is 0. The molecule has 3 rings (SSSR count). The first kappa shape index (κ1) is 14.2. The smallest absolute Gasteiger partial charge is 0.168 e. The molecule has 0 N–H and O–H groups in total. The molecule has 0 aliphatic rings. The largest absolute Gasteiger partial charge is 0.497 e. The quantitative estimate of drug-likeness (QED) is 0.721. The Morgan fingerprint density at radius 2 is 1.95 bits per heavy atom. The van der Waals surface area contributed by atoms with Crippen molar-refractivity contribution in [2.75, 3.05) is 7.11 Å². The Hall–Kier alpha value is -2.75. The number of para-hydroxylation sites is 1. The molecule has 0 aliphatic heterocycles. The van der Waals surface area contributed by atoms with Crippen LogP contribution in [-0.4, -0.2) is 16.8 Å². The normalized spacial score (nSPS) is 10.6. The highest BCUT2D eigenvalue weighted by molar-refractivity contribution is 5.80. The second-order valence-electron chi connectivity index (χ2n) is 5.03. The van der Waals surface area contributed by atoms with Crippen molar-refractivity contribution in [2.24, 2.45) is 0 Å². The van der Waals surface area contributed by atoms with Crippen molar-refractivity contribution in [2.45, 2.75) is 13.5 Å². The van der Waals surface area contributed by atoms with E-state index < -0.39 is 0 Å². The summed E-state index contributed by atoms with van der Waals surface area (Å²) in [6.45, 7) is 6.30. The van der Waals surface area contributed by atoms with Crippen molar-refractivity contribution >= 4 is 17.1 Å². The van der Waals surface area contributed by atoms with Crippen LogP contribution in [0, 0.1) is 6.92 Å². The van der Waals surface area contributed by atoms with E-state index in [0.717, 1.165) is 27.9 Å². The summed E-state index contributed by atoms with van der Waals surface area (Å²) in [4.78, 5) is 10.5. The molecule has 0 saturated heterocycles. The maximum Gasteiger partial charge on any atom is 0.168 e. The fraction of sp³-hybridized carbons (Fsp3) is 0.167. The third-order valence-electron chi connectivity index (χ3n) is 3.57. The van der Waals surface area contributed by atoms with E-state index in [4.69, 9.17) is 9.57 Å². The lowest BCUT2D eigenvalue weighted by Gasteiger charge is -2.10. The van der Waals surface area contributed by atoms with E-state index in [2.05, 4.69) is 11.6 Å². The van der Waals surface area contributed by atoms with Crippen molar-refractivity contribution in [3.8, 4) is 5.75 Å². The van der Waals surface area contributed by atoms with E-state index in [0.29, 0.717) is 12.4 Å². The molecule has 0 unspecified atom stereocenters. The molecule has 4 heteroatoms. The number of aryl methyl sites for hydroxylation is 1. The molecule has 4 nitrogen and oxygen atoms in total. The first-order valence-electron chi connectivity index (χ1n) is 7.09. The predicted molar refractivity (Wildman–Crippen MR) is 87.8 cm³/mol. The molecule has 0 amide bonds. The lowest BCUT2D eigenvalue weighted by molar-refractivity contribution is 0.104. The van der Waals surface area contributed by atoms with Gasteiger partial charge in [0.1, 0.15) is 17.9 Å². The number of fused-ring (bicyclic) bond motifs is 1. The second kappa shape index (κ2) is 5.93. The average Bonchev–Trinajstić information content (AvgIpc) is 2.92. The zero-order valence-corrected chi connectivity index (χ0v) is 12.7. The van der Waals surface area contributed by atoms with Crippen LogP contribution in [0.2, 0.25) is 0 Å². The van der Waals surface area contributed by atoms with E-state index >= 15 is 0 Å². The first-order chi connectivity index (χ1) is 10.7. The van der Waals surface area contributed by atoms with Gasteiger partial charge in [0.05, 0.1) is 12.6 Å². The van der Waals surface area contributed by atoms with Crippen molar-refractivity contribution < 1.29 is 9.57 Å². The van der Waals surface area contributed by atoms with Crippen LogP contribution >= 0.6 is 0 Å². The summed E-state index contributed by atoms with van der Waals surface area (Å²) in [5.74, 6) is 1.54. The molecule has 0 saturated carbocycles. The van der Waals surface area contributed by atoms with Crippen LogP contribution in [0.15, 0.2) is 49.0 Å². The number of rotatable bonds is 5. The number of ether oxygens (including phenoxy) is 1. The zero-order chi connectivity index (χ0) is 15.5. The highest BCUT2D eigenvalue weighted by Gasteiger charge is 2.11. The minimum absolute atomic E-state index is 0.449. The van der Waals surface area contributed by atoms with E-state index in [1.165, 1.54) is 0 Å². The van der Waals surface area contributed by atoms with Gasteiger partial charge in [0.15, 0.2) is 5.82 Å². The van der Waals surface area contributed by atoms with Gasteiger partial charge in [0.2, 0.25) is 0 Å². The Morgan fingerprint density at radius 1 is 1.18 bits per heavy atom. The van der Waals surface area contributed by atoms with Crippen LogP contribution in [0.5, 0.6) is 5.75 Å². The van der Waals surface area contributed by atoms with Crippen LogP contribution in [-0.2, 0) is 6.61 Å². The van der Waals surface area contributed by atoms with E-state index in [-0.39, 0.29) is 0 Å². The molecule has 2 aromatic carbocycles.